The average Bonchev–Trinajstić information content (AvgIpc) is 2.31. The second-order valence-corrected chi connectivity index (χ2v) is 5.26. The second kappa shape index (κ2) is 5.47. The van der Waals surface area contributed by atoms with E-state index in [0.29, 0.717) is 11.3 Å². The molecule has 0 aliphatic heterocycles. The van der Waals surface area contributed by atoms with Gasteiger partial charge in [-0.25, -0.2) is 9.97 Å². The Morgan fingerprint density at radius 1 is 1.47 bits per heavy atom. The highest BCUT2D eigenvalue weighted by atomic mass is 32.2. The highest BCUT2D eigenvalue weighted by Gasteiger charge is 2.21. The largest absolute Gasteiger partial charge is 0.317 e. The summed E-state index contributed by atoms with van der Waals surface area (Å²) in [6.07, 6.45) is 8.65. The van der Waals surface area contributed by atoms with Crippen LogP contribution in [0, 0.1) is 0 Å². The van der Waals surface area contributed by atoms with Gasteiger partial charge in [-0.15, -0.1) is 11.8 Å². The van der Waals surface area contributed by atoms with Crippen LogP contribution in [0.2, 0.25) is 0 Å². The quantitative estimate of drug-likeness (QED) is 0.796. The zero-order valence-electron chi connectivity index (χ0n) is 9.02. The van der Waals surface area contributed by atoms with Crippen LogP contribution < -0.4 is 5.32 Å². The summed E-state index contributed by atoms with van der Waals surface area (Å²) in [7, 11) is 2.06. The maximum absolute atomic E-state index is 4.26. The molecular weight excluding hydrogens is 206 g/mol. The van der Waals surface area contributed by atoms with E-state index in [1.54, 1.807) is 6.33 Å². The minimum atomic E-state index is 0.693. The number of aromatic nitrogens is 2. The van der Waals surface area contributed by atoms with Crippen molar-refractivity contribution >= 4 is 11.8 Å². The summed E-state index contributed by atoms with van der Waals surface area (Å²) in [5, 5.41) is 5.19. The van der Waals surface area contributed by atoms with E-state index >= 15 is 0 Å². The molecule has 0 amide bonds. The van der Waals surface area contributed by atoms with Crippen LogP contribution >= 0.6 is 11.8 Å². The van der Waals surface area contributed by atoms with Gasteiger partial charge in [0.05, 0.1) is 5.03 Å². The molecule has 1 heterocycles. The van der Waals surface area contributed by atoms with E-state index in [1.165, 1.54) is 25.7 Å². The molecule has 0 saturated heterocycles. The third-order valence-electron chi connectivity index (χ3n) is 2.88. The Bertz CT molecular complexity index is 291. The Kier molecular flexibility index (Phi) is 3.97. The summed E-state index contributed by atoms with van der Waals surface area (Å²) in [6.45, 7) is 0. The number of rotatable bonds is 3. The Morgan fingerprint density at radius 3 is 3.13 bits per heavy atom. The Labute approximate surface area is 95.1 Å². The van der Waals surface area contributed by atoms with Gasteiger partial charge in [-0.2, -0.15) is 0 Å². The van der Waals surface area contributed by atoms with Crippen molar-refractivity contribution in [3.05, 3.63) is 18.6 Å². The van der Waals surface area contributed by atoms with Crippen molar-refractivity contribution in [3.8, 4) is 0 Å². The smallest absolute Gasteiger partial charge is 0.116 e. The summed E-state index contributed by atoms with van der Waals surface area (Å²) >= 11 is 1.89. The van der Waals surface area contributed by atoms with Crippen LogP contribution in [0.4, 0.5) is 0 Å². The van der Waals surface area contributed by atoms with Crippen LogP contribution in [0.1, 0.15) is 25.7 Å². The molecule has 82 valence electrons. The summed E-state index contributed by atoms with van der Waals surface area (Å²) in [6, 6.07) is 2.69. The first kappa shape index (κ1) is 10.9. The molecule has 2 unspecified atom stereocenters. The zero-order chi connectivity index (χ0) is 10.5. The van der Waals surface area contributed by atoms with Gasteiger partial charge in [-0.05, 0) is 32.4 Å². The highest BCUT2D eigenvalue weighted by molar-refractivity contribution is 7.99. The predicted octanol–water partition coefficient (Wildman–Crippen LogP) is 2.10. The molecule has 1 aromatic rings. The van der Waals surface area contributed by atoms with Gasteiger partial charge in [0, 0.05) is 17.5 Å². The zero-order valence-corrected chi connectivity index (χ0v) is 9.83. The topological polar surface area (TPSA) is 37.8 Å². The monoisotopic (exact) mass is 223 g/mol. The standard InChI is InChI=1S/C11H17N3S/c1-12-9-3-2-4-10(7-9)15-11-5-6-13-8-14-11/h5-6,8-10,12H,2-4,7H2,1H3. The van der Waals surface area contributed by atoms with Gasteiger partial charge in [0.2, 0.25) is 0 Å². The SMILES string of the molecule is CNC1CCCC(Sc2ccncn2)C1. The van der Waals surface area contributed by atoms with Crippen molar-refractivity contribution in [2.75, 3.05) is 7.05 Å². The lowest BCUT2D eigenvalue weighted by molar-refractivity contribution is 0.402. The van der Waals surface area contributed by atoms with E-state index in [0.717, 1.165) is 5.03 Å². The van der Waals surface area contributed by atoms with Gasteiger partial charge in [-0.3, -0.25) is 0 Å². The number of hydrogen-bond acceptors (Lipinski definition) is 4. The fourth-order valence-electron chi connectivity index (χ4n) is 2.03. The van der Waals surface area contributed by atoms with E-state index in [1.807, 2.05) is 24.0 Å². The van der Waals surface area contributed by atoms with E-state index in [4.69, 9.17) is 0 Å². The predicted molar refractivity (Wildman–Crippen MR) is 63.0 cm³/mol. The first-order valence-electron chi connectivity index (χ1n) is 5.48. The van der Waals surface area contributed by atoms with E-state index < -0.39 is 0 Å². The molecule has 0 spiro atoms. The molecule has 2 rings (SSSR count). The lowest BCUT2D eigenvalue weighted by atomic mass is 9.95. The molecule has 1 N–H and O–H groups in total. The van der Waals surface area contributed by atoms with Gasteiger partial charge in [0.25, 0.3) is 0 Å². The molecule has 1 fully saturated rings. The van der Waals surface area contributed by atoms with E-state index in [2.05, 4.69) is 22.3 Å². The summed E-state index contributed by atoms with van der Waals surface area (Å²) < 4.78 is 0. The summed E-state index contributed by atoms with van der Waals surface area (Å²) in [4.78, 5) is 8.19. The van der Waals surface area contributed by atoms with Crippen molar-refractivity contribution in [1.82, 2.24) is 15.3 Å². The third kappa shape index (κ3) is 3.18. The minimum Gasteiger partial charge on any atom is -0.317 e. The van der Waals surface area contributed by atoms with Crippen LogP contribution in [0.3, 0.4) is 0 Å². The van der Waals surface area contributed by atoms with Crippen LogP contribution in [0.25, 0.3) is 0 Å². The number of nitrogens with zero attached hydrogens (tertiary/aromatic N) is 2. The van der Waals surface area contributed by atoms with Gasteiger partial charge < -0.3 is 5.32 Å². The molecule has 1 saturated carbocycles. The molecule has 1 aliphatic rings. The molecule has 3 nitrogen and oxygen atoms in total. The van der Waals surface area contributed by atoms with Crippen LogP contribution in [0.15, 0.2) is 23.6 Å². The molecule has 0 bridgehead atoms. The van der Waals surface area contributed by atoms with Crippen molar-refractivity contribution in [2.24, 2.45) is 0 Å². The Hall–Kier alpha value is -0.610. The maximum atomic E-state index is 4.26. The fourth-order valence-corrected chi connectivity index (χ4v) is 3.24. The number of thioether (sulfide) groups is 1. The van der Waals surface area contributed by atoms with Crippen molar-refractivity contribution in [3.63, 3.8) is 0 Å². The first-order chi connectivity index (χ1) is 7.38. The molecule has 0 aromatic carbocycles. The molecule has 1 aromatic heterocycles. The highest BCUT2D eigenvalue weighted by Crippen LogP contribution is 2.32. The average molecular weight is 223 g/mol. The fraction of sp³-hybridized carbons (Fsp3) is 0.636. The Balaban J connectivity index is 1.89. The lowest BCUT2D eigenvalue weighted by Crippen LogP contribution is -2.32. The third-order valence-corrected chi connectivity index (χ3v) is 4.12. The van der Waals surface area contributed by atoms with Gasteiger partial charge in [-0.1, -0.05) is 6.42 Å². The lowest BCUT2D eigenvalue weighted by Gasteiger charge is -2.28. The molecule has 4 heteroatoms. The van der Waals surface area contributed by atoms with Crippen LogP contribution in [-0.2, 0) is 0 Å². The Morgan fingerprint density at radius 2 is 2.40 bits per heavy atom. The van der Waals surface area contributed by atoms with Gasteiger partial charge >= 0.3 is 0 Å². The van der Waals surface area contributed by atoms with Crippen LogP contribution in [-0.4, -0.2) is 28.3 Å². The normalized spacial score (nSPS) is 26.5. The van der Waals surface area contributed by atoms with E-state index in [9.17, 15) is 0 Å². The van der Waals surface area contributed by atoms with Crippen LogP contribution in [0.5, 0.6) is 0 Å². The minimum absolute atomic E-state index is 0.693. The molecule has 0 radical (unpaired) electrons. The van der Waals surface area contributed by atoms with Crippen molar-refractivity contribution in [1.29, 1.82) is 0 Å². The second-order valence-electron chi connectivity index (χ2n) is 3.94. The summed E-state index contributed by atoms with van der Waals surface area (Å²) in [5.41, 5.74) is 0. The maximum Gasteiger partial charge on any atom is 0.116 e. The van der Waals surface area contributed by atoms with Crippen molar-refractivity contribution < 1.29 is 0 Å². The van der Waals surface area contributed by atoms with Crippen molar-refractivity contribution in [2.45, 2.75) is 42.0 Å². The number of nitrogens with one attached hydrogen (secondary N) is 1. The molecular formula is C11H17N3S. The molecule has 2 atom stereocenters. The van der Waals surface area contributed by atoms with Gasteiger partial charge in [0.15, 0.2) is 0 Å². The summed E-state index contributed by atoms with van der Waals surface area (Å²) in [5.74, 6) is 0. The first-order valence-corrected chi connectivity index (χ1v) is 6.36. The molecule has 1 aliphatic carbocycles. The van der Waals surface area contributed by atoms with E-state index in [-0.39, 0.29) is 0 Å². The molecule has 15 heavy (non-hydrogen) atoms. The van der Waals surface area contributed by atoms with Gasteiger partial charge in [0.1, 0.15) is 6.33 Å². The number of hydrogen-bond donors (Lipinski definition) is 1.